The lowest BCUT2D eigenvalue weighted by Gasteiger charge is -2.00. The molecule has 6 heteroatoms. The predicted molar refractivity (Wildman–Crippen MR) is 67.1 cm³/mol. The van der Waals surface area contributed by atoms with Crippen LogP contribution in [0.4, 0.5) is 0 Å². The molecule has 1 aromatic carbocycles. The van der Waals surface area contributed by atoms with Crippen LogP contribution in [0.5, 0.6) is 0 Å². The number of halogens is 2. The Kier molecular flexibility index (Phi) is 3.66. The first-order valence-electron chi connectivity index (χ1n) is 5.10. The molecular weight excluding hydrogens is 261 g/mol. The third-order valence-electron chi connectivity index (χ3n) is 2.15. The molecule has 0 bridgehead atoms. The van der Waals surface area contributed by atoms with E-state index in [0.717, 1.165) is 0 Å². The molecule has 0 aliphatic rings. The van der Waals surface area contributed by atoms with E-state index in [1.54, 1.807) is 18.2 Å². The maximum atomic E-state index is 6.04. The summed E-state index contributed by atoms with van der Waals surface area (Å²) in [7, 11) is 0. The molecule has 0 radical (unpaired) electrons. The molecule has 0 amide bonds. The fourth-order valence-corrected chi connectivity index (χ4v) is 1.99. The first kappa shape index (κ1) is 12.4. The molecule has 1 unspecified atom stereocenters. The molecule has 0 aliphatic carbocycles. The van der Waals surface area contributed by atoms with Crippen molar-refractivity contribution in [3.05, 3.63) is 34.1 Å². The zero-order valence-electron chi connectivity index (χ0n) is 9.15. The number of rotatable bonds is 3. The lowest BCUT2D eigenvalue weighted by Crippen LogP contribution is -2.18. The van der Waals surface area contributed by atoms with Crippen LogP contribution in [0.1, 0.15) is 12.7 Å². The fraction of sp³-hybridized carbons (Fsp3) is 0.273. The summed E-state index contributed by atoms with van der Waals surface area (Å²) < 4.78 is 5.13. The Balaban J connectivity index is 2.37. The molecule has 17 heavy (non-hydrogen) atoms. The quantitative estimate of drug-likeness (QED) is 0.932. The minimum Gasteiger partial charge on any atom is -0.334 e. The lowest BCUT2D eigenvalue weighted by molar-refractivity contribution is 0.420. The second kappa shape index (κ2) is 5.04. The molecule has 1 aromatic heterocycles. The Morgan fingerprint density at radius 1 is 1.35 bits per heavy atom. The van der Waals surface area contributed by atoms with Gasteiger partial charge in [-0.2, -0.15) is 4.98 Å². The zero-order chi connectivity index (χ0) is 12.4. The van der Waals surface area contributed by atoms with Gasteiger partial charge in [0.15, 0.2) is 5.82 Å². The van der Waals surface area contributed by atoms with Gasteiger partial charge in [0, 0.05) is 12.5 Å². The van der Waals surface area contributed by atoms with Crippen LogP contribution >= 0.6 is 23.2 Å². The molecule has 0 saturated carbocycles. The van der Waals surface area contributed by atoms with Crippen molar-refractivity contribution in [3.63, 3.8) is 0 Å². The SMILES string of the molecule is CC(N)Cc1noc(-c2c(Cl)cccc2Cl)n1. The summed E-state index contributed by atoms with van der Waals surface area (Å²) in [5.74, 6) is 0.863. The monoisotopic (exact) mass is 271 g/mol. The zero-order valence-corrected chi connectivity index (χ0v) is 10.7. The van der Waals surface area contributed by atoms with E-state index in [-0.39, 0.29) is 6.04 Å². The molecule has 0 spiro atoms. The second-order valence-electron chi connectivity index (χ2n) is 3.79. The lowest BCUT2D eigenvalue weighted by atomic mass is 10.2. The first-order valence-corrected chi connectivity index (χ1v) is 5.86. The van der Waals surface area contributed by atoms with E-state index in [2.05, 4.69) is 10.1 Å². The van der Waals surface area contributed by atoms with Gasteiger partial charge in [-0.25, -0.2) is 0 Å². The Bertz CT molecular complexity index is 505. The molecule has 0 fully saturated rings. The van der Waals surface area contributed by atoms with E-state index in [9.17, 15) is 0 Å². The van der Waals surface area contributed by atoms with Gasteiger partial charge in [-0.3, -0.25) is 0 Å². The summed E-state index contributed by atoms with van der Waals surface area (Å²) in [5.41, 5.74) is 6.21. The Morgan fingerprint density at radius 3 is 2.59 bits per heavy atom. The van der Waals surface area contributed by atoms with Crippen LogP contribution in [-0.2, 0) is 6.42 Å². The van der Waals surface area contributed by atoms with Crippen LogP contribution in [0.15, 0.2) is 22.7 Å². The van der Waals surface area contributed by atoms with Crippen molar-refractivity contribution in [2.75, 3.05) is 0 Å². The van der Waals surface area contributed by atoms with Crippen LogP contribution in [0.25, 0.3) is 11.5 Å². The van der Waals surface area contributed by atoms with Gasteiger partial charge in [0.2, 0.25) is 0 Å². The van der Waals surface area contributed by atoms with Gasteiger partial charge in [-0.1, -0.05) is 34.4 Å². The van der Waals surface area contributed by atoms with E-state index in [1.807, 2.05) is 6.92 Å². The summed E-state index contributed by atoms with van der Waals surface area (Å²) in [5, 5.41) is 4.79. The highest BCUT2D eigenvalue weighted by atomic mass is 35.5. The van der Waals surface area contributed by atoms with Crippen LogP contribution in [-0.4, -0.2) is 16.2 Å². The Labute approximate surface area is 109 Å². The normalized spacial score (nSPS) is 12.7. The van der Waals surface area contributed by atoms with Gasteiger partial charge < -0.3 is 10.3 Å². The molecular formula is C11H11Cl2N3O. The van der Waals surface area contributed by atoms with Crippen LogP contribution in [0, 0.1) is 0 Å². The van der Waals surface area contributed by atoms with Crippen LogP contribution in [0.2, 0.25) is 10.0 Å². The smallest absolute Gasteiger partial charge is 0.260 e. The van der Waals surface area contributed by atoms with Gasteiger partial charge >= 0.3 is 0 Å². The molecule has 2 rings (SSSR count). The predicted octanol–water partition coefficient (Wildman–Crippen LogP) is 2.93. The van der Waals surface area contributed by atoms with Gasteiger partial charge in [-0.05, 0) is 19.1 Å². The summed E-state index contributed by atoms with van der Waals surface area (Å²) in [6.45, 7) is 1.87. The summed E-state index contributed by atoms with van der Waals surface area (Å²) in [4.78, 5) is 4.22. The highest BCUT2D eigenvalue weighted by molar-refractivity contribution is 6.38. The van der Waals surface area contributed by atoms with Crippen LogP contribution < -0.4 is 5.73 Å². The van der Waals surface area contributed by atoms with Crippen molar-refractivity contribution in [2.45, 2.75) is 19.4 Å². The highest BCUT2D eigenvalue weighted by Crippen LogP contribution is 2.33. The molecule has 90 valence electrons. The maximum absolute atomic E-state index is 6.04. The number of aromatic nitrogens is 2. The number of nitrogens with two attached hydrogens (primary N) is 1. The molecule has 0 saturated heterocycles. The van der Waals surface area contributed by atoms with Crippen molar-refractivity contribution >= 4 is 23.2 Å². The third-order valence-corrected chi connectivity index (χ3v) is 2.78. The fourth-order valence-electron chi connectivity index (χ4n) is 1.43. The van der Waals surface area contributed by atoms with Gasteiger partial charge in [0.1, 0.15) is 0 Å². The van der Waals surface area contributed by atoms with Gasteiger partial charge in [-0.15, -0.1) is 0 Å². The average molecular weight is 272 g/mol. The molecule has 1 heterocycles. The topological polar surface area (TPSA) is 64.9 Å². The number of benzene rings is 1. The number of hydrogen-bond acceptors (Lipinski definition) is 4. The molecule has 2 aromatic rings. The average Bonchev–Trinajstić information content (AvgIpc) is 2.65. The summed E-state index contributed by atoms with van der Waals surface area (Å²) in [6.07, 6.45) is 0.547. The van der Waals surface area contributed by atoms with E-state index in [1.165, 1.54) is 0 Å². The van der Waals surface area contributed by atoms with Crippen molar-refractivity contribution in [2.24, 2.45) is 5.73 Å². The van der Waals surface area contributed by atoms with E-state index in [4.69, 9.17) is 33.5 Å². The Morgan fingerprint density at radius 2 is 2.00 bits per heavy atom. The van der Waals surface area contributed by atoms with Crippen molar-refractivity contribution in [1.29, 1.82) is 0 Å². The van der Waals surface area contributed by atoms with E-state index in [0.29, 0.717) is 33.7 Å². The third kappa shape index (κ3) is 2.77. The van der Waals surface area contributed by atoms with Crippen molar-refractivity contribution in [1.82, 2.24) is 10.1 Å². The van der Waals surface area contributed by atoms with Gasteiger partial charge in [0.05, 0.1) is 15.6 Å². The molecule has 1 atom stereocenters. The minimum atomic E-state index is -0.0258. The number of nitrogens with zero attached hydrogens (tertiary/aromatic N) is 2. The van der Waals surface area contributed by atoms with Crippen molar-refractivity contribution < 1.29 is 4.52 Å². The summed E-state index contributed by atoms with van der Waals surface area (Å²) >= 11 is 12.1. The molecule has 2 N–H and O–H groups in total. The Hall–Kier alpha value is -1.10. The standard InChI is InChI=1S/C11H11Cl2N3O/c1-6(14)5-9-15-11(17-16-9)10-7(12)3-2-4-8(10)13/h2-4,6H,5,14H2,1H3. The highest BCUT2D eigenvalue weighted by Gasteiger charge is 2.16. The second-order valence-corrected chi connectivity index (χ2v) is 4.61. The largest absolute Gasteiger partial charge is 0.334 e. The van der Waals surface area contributed by atoms with Gasteiger partial charge in [0.25, 0.3) is 5.89 Å². The van der Waals surface area contributed by atoms with Crippen LogP contribution in [0.3, 0.4) is 0 Å². The number of hydrogen-bond donors (Lipinski definition) is 1. The maximum Gasteiger partial charge on any atom is 0.260 e. The van der Waals surface area contributed by atoms with Crippen molar-refractivity contribution in [3.8, 4) is 11.5 Å². The first-order chi connectivity index (χ1) is 8.08. The van der Waals surface area contributed by atoms with E-state index >= 15 is 0 Å². The van der Waals surface area contributed by atoms with E-state index < -0.39 is 0 Å². The molecule has 0 aliphatic heterocycles. The minimum absolute atomic E-state index is 0.0258. The molecule has 4 nitrogen and oxygen atoms in total. The summed E-state index contributed by atoms with van der Waals surface area (Å²) in [6, 6.07) is 5.17.